The monoisotopic (exact) mass is 252 g/mol. The van der Waals surface area contributed by atoms with Gasteiger partial charge in [-0.3, -0.25) is 0 Å². The van der Waals surface area contributed by atoms with E-state index in [1.807, 2.05) is 0 Å². The van der Waals surface area contributed by atoms with Crippen LogP contribution >= 0.6 is 0 Å². The number of halogens is 3. The van der Waals surface area contributed by atoms with Crippen LogP contribution in [-0.4, -0.2) is 0 Å². The van der Waals surface area contributed by atoms with Crippen molar-refractivity contribution in [3.63, 3.8) is 0 Å². The van der Waals surface area contributed by atoms with Crippen molar-refractivity contribution in [2.24, 2.45) is 0 Å². The van der Waals surface area contributed by atoms with Crippen LogP contribution in [0, 0.1) is 24.4 Å². The van der Waals surface area contributed by atoms with E-state index in [-0.39, 0.29) is 22.6 Å². The lowest BCUT2D eigenvalue weighted by Crippen LogP contribution is -2.01. The van der Waals surface area contributed by atoms with Crippen LogP contribution in [-0.2, 0) is 0 Å². The molecule has 18 heavy (non-hydrogen) atoms. The van der Waals surface area contributed by atoms with Gasteiger partial charge in [-0.1, -0.05) is 6.07 Å². The zero-order chi connectivity index (χ0) is 13.3. The lowest BCUT2D eigenvalue weighted by molar-refractivity contribution is 0.595. The Kier molecular flexibility index (Phi) is 3.14. The van der Waals surface area contributed by atoms with E-state index < -0.39 is 17.5 Å². The maximum absolute atomic E-state index is 13.6. The fraction of sp³-hybridized carbons (Fsp3) is 0.0769. The van der Waals surface area contributed by atoms with Crippen LogP contribution in [0.1, 0.15) is 5.56 Å². The average Bonchev–Trinajstić information content (AvgIpc) is 2.32. The number of benzene rings is 2. The summed E-state index contributed by atoms with van der Waals surface area (Å²) in [6.45, 7) is 1.46. The molecule has 0 aliphatic carbocycles. The molecule has 0 unspecified atom stereocenters. The molecular formula is C13H11F3N2. The van der Waals surface area contributed by atoms with E-state index in [0.29, 0.717) is 0 Å². The Morgan fingerprint density at radius 1 is 0.944 bits per heavy atom. The van der Waals surface area contributed by atoms with Gasteiger partial charge in [0.05, 0.1) is 17.1 Å². The first-order chi connectivity index (χ1) is 8.49. The van der Waals surface area contributed by atoms with Crippen LogP contribution in [0.3, 0.4) is 0 Å². The molecule has 0 aliphatic rings. The molecule has 0 fully saturated rings. The minimum atomic E-state index is -0.627. The van der Waals surface area contributed by atoms with E-state index in [1.165, 1.54) is 25.1 Å². The SMILES string of the molecule is Cc1cc(F)c(Nc2cccc(F)c2N)cc1F. The van der Waals surface area contributed by atoms with Crippen molar-refractivity contribution in [3.05, 3.63) is 53.3 Å². The van der Waals surface area contributed by atoms with Gasteiger partial charge in [0.15, 0.2) is 0 Å². The second kappa shape index (κ2) is 4.60. The summed E-state index contributed by atoms with van der Waals surface area (Å²) in [5.41, 5.74) is 5.66. The van der Waals surface area contributed by atoms with E-state index in [9.17, 15) is 13.2 Å². The van der Waals surface area contributed by atoms with E-state index in [1.54, 1.807) is 0 Å². The van der Waals surface area contributed by atoms with Crippen LogP contribution in [0.25, 0.3) is 0 Å². The van der Waals surface area contributed by atoms with Gasteiger partial charge in [-0.05, 0) is 30.7 Å². The molecule has 0 atom stereocenters. The Morgan fingerprint density at radius 2 is 1.67 bits per heavy atom. The lowest BCUT2D eigenvalue weighted by Gasteiger charge is -2.11. The second-order valence-corrected chi connectivity index (χ2v) is 3.91. The molecule has 0 aliphatic heterocycles. The zero-order valence-electron chi connectivity index (χ0n) is 9.60. The number of nitrogen functional groups attached to an aromatic ring is 1. The molecule has 2 aromatic carbocycles. The second-order valence-electron chi connectivity index (χ2n) is 3.91. The fourth-order valence-corrected chi connectivity index (χ4v) is 1.53. The molecule has 0 saturated carbocycles. The van der Waals surface area contributed by atoms with E-state index in [2.05, 4.69) is 5.32 Å². The number of aryl methyl sites for hydroxylation is 1. The highest BCUT2D eigenvalue weighted by Crippen LogP contribution is 2.27. The molecule has 94 valence electrons. The molecule has 0 heterocycles. The molecule has 0 bridgehead atoms. The Morgan fingerprint density at radius 3 is 2.39 bits per heavy atom. The number of nitrogens with two attached hydrogens (primary N) is 1. The first-order valence-corrected chi connectivity index (χ1v) is 5.25. The third-order valence-electron chi connectivity index (χ3n) is 2.57. The van der Waals surface area contributed by atoms with E-state index in [4.69, 9.17) is 5.73 Å². The van der Waals surface area contributed by atoms with Crippen molar-refractivity contribution in [3.8, 4) is 0 Å². The fourth-order valence-electron chi connectivity index (χ4n) is 1.53. The third kappa shape index (κ3) is 2.25. The smallest absolute Gasteiger partial charge is 0.148 e. The van der Waals surface area contributed by atoms with Crippen LogP contribution in [0.2, 0.25) is 0 Å². The highest BCUT2D eigenvalue weighted by Gasteiger charge is 2.10. The zero-order valence-corrected chi connectivity index (χ0v) is 9.60. The van der Waals surface area contributed by atoms with Gasteiger partial charge in [-0.2, -0.15) is 0 Å². The molecule has 2 nitrogen and oxygen atoms in total. The first-order valence-electron chi connectivity index (χ1n) is 5.25. The maximum Gasteiger partial charge on any atom is 0.148 e. The summed E-state index contributed by atoms with van der Waals surface area (Å²) >= 11 is 0. The minimum Gasteiger partial charge on any atom is -0.395 e. The lowest BCUT2D eigenvalue weighted by atomic mass is 10.2. The molecule has 0 amide bonds. The average molecular weight is 252 g/mol. The van der Waals surface area contributed by atoms with Gasteiger partial charge in [0, 0.05) is 6.07 Å². The van der Waals surface area contributed by atoms with E-state index in [0.717, 1.165) is 12.1 Å². The Hall–Kier alpha value is -2.17. The molecular weight excluding hydrogens is 241 g/mol. The normalized spacial score (nSPS) is 10.4. The van der Waals surface area contributed by atoms with Crippen LogP contribution in [0.15, 0.2) is 30.3 Å². The summed E-state index contributed by atoms with van der Waals surface area (Å²) < 4.78 is 40.1. The Balaban J connectivity index is 2.40. The van der Waals surface area contributed by atoms with Crippen molar-refractivity contribution in [1.29, 1.82) is 0 Å². The van der Waals surface area contributed by atoms with E-state index >= 15 is 0 Å². The van der Waals surface area contributed by atoms with Gasteiger partial charge in [0.2, 0.25) is 0 Å². The third-order valence-corrected chi connectivity index (χ3v) is 2.57. The summed E-state index contributed by atoms with van der Waals surface area (Å²) in [7, 11) is 0. The van der Waals surface area contributed by atoms with Gasteiger partial charge < -0.3 is 11.1 Å². The molecule has 0 spiro atoms. The first kappa shape index (κ1) is 12.3. The summed E-state index contributed by atoms with van der Waals surface area (Å²) in [6, 6.07) is 6.17. The largest absolute Gasteiger partial charge is 0.395 e. The van der Waals surface area contributed by atoms with Crippen molar-refractivity contribution in [2.45, 2.75) is 6.92 Å². The minimum absolute atomic E-state index is 0.0876. The Bertz CT molecular complexity index is 597. The number of hydrogen-bond donors (Lipinski definition) is 2. The molecule has 0 aromatic heterocycles. The maximum atomic E-state index is 13.6. The van der Waals surface area contributed by atoms with Gasteiger partial charge in [-0.15, -0.1) is 0 Å². The topological polar surface area (TPSA) is 38.0 Å². The van der Waals surface area contributed by atoms with Gasteiger partial charge in [0.1, 0.15) is 17.5 Å². The van der Waals surface area contributed by atoms with Crippen molar-refractivity contribution >= 4 is 17.1 Å². The standard InChI is InChI=1S/C13H11F3N2/c1-7-5-10(16)12(6-9(7)15)18-11-4-2-3-8(14)13(11)17/h2-6,18H,17H2,1H3. The Labute approximate surface area is 102 Å². The molecule has 2 aromatic rings. The summed E-state index contributed by atoms with van der Waals surface area (Å²) in [5, 5.41) is 2.57. The van der Waals surface area contributed by atoms with Crippen molar-refractivity contribution in [1.82, 2.24) is 0 Å². The number of hydrogen-bond acceptors (Lipinski definition) is 2. The molecule has 0 saturated heterocycles. The molecule has 3 N–H and O–H groups in total. The molecule has 5 heteroatoms. The van der Waals surface area contributed by atoms with Gasteiger partial charge in [0.25, 0.3) is 0 Å². The van der Waals surface area contributed by atoms with Crippen LogP contribution < -0.4 is 11.1 Å². The predicted octanol–water partition coefficient (Wildman–Crippen LogP) is 3.74. The highest BCUT2D eigenvalue weighted by molar-refractivity contribution is 5.73. The van der Waals surface area contributed by atoms with Gasteiger partial charge in [-0.25, -0.2) is 13.2 Å². The molecule has 2 rings (SSSR count). The van der Waals surface area contributed by atoms with Gasteiger partial charge >= 0.3 is 0 Å². The van der Waals surface area contributed by atoms with Crippen LogP contribution in [0.5, 0.6) is 0 Å². The summed E-state index contributed by atoms with van der Waals surface area (Å²) in [6.07, 6.45) is 0. The predicted molar refractivity (Wildman–Crippen MR) is 65.2 cm³/mol. The highest BCUT2D eigenvalue weighted by atomic mass is 19.1. The number of para-hydroxylation sites is 1. The number of rotatable bonds is 2. The summed E-state index contributed by atoms with van der Waals surface area (Å²) in [4.78, 5) is 0. The quantitative estimate of drug-likeness (QED) is 0.799. The van der Waals surface area contributed by atoms with Crippen molar-refractivity contribution in [2.75, 3.05) is 11.1 Å². The molecule has 0 radical (unpaired) electrons. The number of anilines is 3. The van der Waals surface area contributed by atoms with Crippen LogP contribution in [0.4, 0.5) is 30.2 Å². The number of nitrogens with one attached hydrogen (secondary N) is 1. The van der Waals surface area contributed by atoms with Crippen molar-refractivity contribution < 1.29 is 13.2 Å². The summed E-state index contributed by atoms with van der Waals surface area (Å²) in [5.74, 6) is -1.79.